The second-order valence-corrected chi connectivity index (χ2v) is 4.80. The zero-order chi connectivity index (χ0) is 12.3. The molecule has 1 heterocycles. The summed E-state index contributed by atoms with van der Waals surface area (Å²) in [5.41, 5.74) is 1.43. The van der Waals surface area contributed by atoms with Crippen LogP contribution in [-0.4, -0.2) is 12.5 Å². The maximum atomic E-state index is 13.7. The molecule has 0 saturated carbocycles. The summed E-state index contributed by atoms with van der Waals surface area (Å²) >= 11 is 7.45. The molecule has 1 nitrogen and oxygen atoms in total. The first kappa shape index (κ1) is 12.4. The third kappa shape index (κ3) is 2.99. The standard InChI is InChI=1S/C13H11ClFNS/c1-17-13-5-2-9(6-7-16-13)11-8-10(14)3-4-12(11)15/h2-5,7-8H,6H2,1H3. The topological polar surface area (TPSA) is 12.4 Å². The quantitative estimate of drug-likeness (QED) is 0.766. The van der Waals surface area contributed by atoms with E-state index in [1.165, 1.54) is 6.07 Å². The highest BCUT2D eigenvalue weighted by atomic mass is 35.5. The minimum Gasteiger partial charge on any atom is -0.254 e. The largest absolute Gasteiger partial charge is 0.254 e. The Hall–Kier alpha value is -1.06. The van der Waals surface area contributed by atoms with E-state index in [1.54, 1.807) is 30.1 Å². The van der Waals surface area contributed by atoms with Gasteiger partial charge in [-0.2, -0.15) is 0 Å². The van der Waals surface area contributed by atoms with E-state index < -0.39 is 0 Å². The molecule has 0 radical (unpaired) electrons. The van der Waals surface area contributed by atoms with Crippen molar-refractivity contribution in [3.8, 4) is 0 Å². The number of hydrogen-bond donors (Lipinski definition) is 0. The number of halogens is 2. The zero-order valence-electron chi connectivity index (χ0n) is 9.28. The Morgan fingerprint density at radius 1 is 1.35 bits per heavy atom. The minimum atomic E-state index is -0.255. The molecule has 0 aliphatic carbocycles. The third-order valence-electron chi connectivity index (χ3n) is 2.44. The van der Waals surface area contributed by atoms with E-state index in [9.17, 15) is 4.39 Å². The van der Waals surface area contributed by atoms with Crippen molar-refractivity contribution in [2.24, 2.45) is 4.99 Å². The van der Waals surface area contributed by atoms with Gasteiger partial charge in [0.15, 0.2) is 0 Å². The number of thioether (sulfide) groups is 1. The molecular formula is C13H11ClFNS. The normalized spacial score (nSPS) is 15.2. The first-order valence-corrected chi connectivity index (χ1v) is 6.74. The predicted molar refractivity (Wildman–Crippen MR) is 74.1 cm³/mol. The fourth-order valence-corrected chi connectivity index (χ4v) is 2.14. The highest BCUT2D eigenvalue weighted by Gasteiger charge is 2.09. The van der Waals surface area contributed by atoms with Crippen LogP contribution in [0.2, 0.25) is 5.02 Å². The van der Waals surface area contributed by atoms with Crippen LogP contribution in [0.25, 0.3) is 5.57 Å². The molecule has 88 valence electrons. The molecule has 0 atom stereocenters. The second kappa shape index (κ2) is 5.52. The summed E-state index contributed by atoms with van der Waals surface area (Å²) in [4.78, 5) is 4.26. The van der Waals surface area contributed by atoms with E-state index in [4.69, 9.17) is 11.6 Å². The molecule has 0 saturated heterocycles. The van der Waals surface area contributed by atoms with Crippen molar-refractivity contribution in [2.75, 3.05) is 6.26 Å². The Morgan fingerprint density at radius 2 is 2.18 bits per heavy atom. The van der Waals surface area contributed by atoms with Gasteiger partial charge < -0.3 is 0 Å². The van der Waals surface area contributed by atoms with Crippen LogP contribution in [0.1, 0.15) is 12.0 Å². The Morgan fingerprint density at radius 3 is 2.94 bits per heavy atom. The van der Waals surface area contributed by atoms with Crippen molar-refractivity contribution in [1.82, 2.24) is 0 Å². The van der Waals surface area contributed by atoms with Gasteiger partial charge >= 0.3 is 0 Å². The van der Waals surface area contributed by atoms with Gasteiger partial charge in [-0.1, -0.05) is 17.7 Å². The molecule has 2 rings (SSSR count). The van der Waals surface area contributed by atoms with E-state index in [-0.39, 0.29) is 5.82 Å². The molecule has 17 heavy (non-hydrogen) atoms. The third-order valence-corrected chi connectivity index (χ3v) is 3.34. The van der Waals surface area contributed by atoms with Crippen LogP contribution in [0.3, 0.4) is 0 Å². The Kier molecular flexibility index (Phi) is 4.02. The molecule has 0 N–H and O–H groups in total. The first-order chi connectivity index (χ1) is 8.20. The summed E-state index contributed by atoms with van der Waals surface area (Å²) in [5, 5.41) is 1.46. The van der Waals surface area contributed by atoms with Crippen molar-refractivity contribution >= 4 is 35.2 Å². The summed E-state index contributed by atoms with van der Waals surface area (Å²) < 4.78 is 13.7. The van der Waals surface area contributed by atoms with Crippen LogP contribution < -0.4 is 0 Å². The fourth-order valence-electron chi connectivity index (χ4n) is 1.58. The first-order valence-electron chi connectivity index (χ1n) is 5.13. The van der Waals surface area contributed by atoms with Crippen LogP contribution in [-0.2, 0) is 0 Å². The lowest BCUT2D eigenvalue weighted by molar-refractivity contribution is 0.624. The van der Waals surface area contributed by atoms with E-state index >= 15 is 0 Å². The van der Waals surface area contributed by atoms with Gasteiger partial charge in [0.1, 0.15) is 5.82 Å². The molecule has 0 spiro atoms. The van der Waals surface area contributed by atoms with Gasteiger partial charge in [-0.25, -0.2) is 4.39 Å². The lowest BCUT2D eigenvalue weighted by Gasteiger charge is -2.05. The SMILES string of the molecule is CSC1=CC=C(c2cc(Cl)ccc2F)CC=N1. The summed E-state index contributed by atoms with van der Waals surface area (Å²) in [7, 11) is 0. The monoisotopic (exact) mass is 267 g/mol. The Labute approximate surface area is 109 Å². The lowest BCUT2D eigenvalue weighted by Crippen LogP contribution is -1.90. The van der Waals surface area contributed by atoms with Crippen LogP contribution in [0.15, 0.2) is 40.4 Å². The molecule has 1 aromatic rings. The van der Waals surface area contributed by atoms with Crippen LogP contribution in [0.4, 0.5) is 4.39 Å². The van der Waals surface area contributed by atoms with Gasteiger partial charge in [-0.3, -0.25) is 4.99 Å². The molecule has 0 amide bonds. The maximum Gasteiger partial charge on any atom is 0.130 e. The summed E-state index contributed by atoms with van der Waals surface area (Å²) in [6, 6.07) is 4.59. The Balaban J connectivity index is 2.41. The molecule has 0 unspecified atom stereocenters. The molecule has 0 aromatic heterocycles. The van der Waals surface area contributed by atoms with Crippen LogP contribution in [0, 0.1) is 5.82 Å². The van der Waals surface area contributed by atoms with Gasteiger partial charge in [0.05, 0.1) is 5.03 Å². The van der Waals surface area contributed by atoms with Gasteiger partial charge in [0.2, 0.25) is 0 Å². The number of aliphatic imine (C=N–C) groups is 1. The smallest absolute Gasteiger partial charge is 0.130 e. The predicted octanol–water partition coefficient (Wildman–Crippen LogP) is 4.54. The molecule has 1 aliphatic heterocycles. The summed E-state index contributed by atoms with van der Waals surface area (Å²) in [5.74, 6) is -0.255. The van der Waals surface area contributed by atoms with E-state index in [0.29, 0.717) is 17.0 Å². The van der Waals surface area contributed by atoms with E-state index in [2.05, 4.69) is 4.99 Å². The minimum absolute atomic E-state index is 0.255. The van der Waals surface area contributed by atoms with Crippen molar-refractivity contribution in [3.63, 3.8) is 0 Å². The fraction of sp³-hybridized carbons (Fsp3) is 0.154. The number of benzene rings is 1. The average Bonchev–Trinajstić information content (AvgIpc) is 2.57. The van der Waals surface area contributed by atoms with Crippen molar-refractivity contribution < 1.29 is 4.39 Å². The zero-order valence-corrected chi connectivity index (χ0v) is 10.9. The second-order valence-electron chi connectivity index (χ2n) is 3.54. The molecule has 1 aromatic carbocycles. The molecular weight excluding hydrogens is 257 g/mol. The summed E-state index contributed by atoms with van der Waals surface area (Å²) in [6.45, 7) is 0. The van der Waals surface area contributed by atoms with E-state index in [1.807, 2.05) is 18.4 Å². The number of nitrogens with zero attached hydrogens (tertiary/aromatic N) is 1. The highest BCUT2D eigenvalue weighted by molar-refractivity contribution is 8.02. The highest BCUT2D eigenvalue weighted by Crippen LogP contribution is 2.27. The number of rotatable bonds is 2. The number of allylic oxidation sites excluding steroid dienone is 3. The van der Waals surface area contributed by atoms with Crippen molar-refractivity contribution in [2.45, 2.75) is 6.42 Å². The Bertz CT molecular complexity index is 520. The average molecular weight is 268 g/mol. The van der Waals surface area contributed by atoms with Gasteiger partial charge in [0.25, 0.3) is 0 Å². The van der Waals surface area contributed by atoms with Gasteiger partial charge in [0, 0.05) is 23.2 Å². The van der Waals surface area contributed by atoms with Gasteiger partial charge in [-0.05, 0) is 36.1 Å². The van der Waals surface area contributed by atoms with Crippen molar-refractivity contribution in [1.29, 1.82) is 0 Å². The molecule has 0 fully saturated rings. The molecule has 4 heteroatoms. The van der Waals surface area contributed by atoms with Gasteiger partial charge in [-0.15, -0.1) is 11.8 Å². The van der Waals surface area contributed by atoms with E-state index in [0.717, 1.165) is 10.6 Å². The van der Waals surface area contributed by atoms with Crippen LogP contribution >= 0.6 is 23.4 Å². The van der Waals surface area contributed by atoms with Crippen molar-refractivity contribution in [3.05, 3.63) is 51.8 Å². The maximum absolute atomic E-state index is 13.7. The lowest BCUT2D eigenvalue weighted by atomic mass is 10.0. The summed E-state index contributed by atoms with van der Waals surface area (Å²) in [6.07, 6.45) is 8.15. The molecule has 1 aliphatic rings. The molecule has 0 bridgehead atoms. The number of hydrogen-bond acceptors (Lipinski definition) is 2. The van der Waals surface area contributed by atoms with Crippen LogP contribution in [0.5, 0.6) is 0 Å².